The molecule has 0 heterocycles. The molecule has 0 unspecified atom stereocenters. The van der Waals surface area contributed by atoms with Gasteiger partial charge in [0, 0.05) is 0 Å². The van der Waals surface area contributed by atoms with E-state index in [0.717, 1.165) is 6.07 Å². The van der Waals surface area contributed by atoms with Crippen molar-refractivity contribution in [1.82, 2.24) is 0 Å². The zero-order valence-corrected chi connectivity index (χ0v) is 6.12. The minimum absolute atomic E-state index is 0.424. The minimum atomic E-state index is -0.870. The number of phenolic OH excluding ortho intramolecular Hbond substituents is 1. The second kappa shape index (κ2) is 3.13. The summed E-state index contributed by atoms with van der Waals surface area (Å²) in [5.41, 5.74) is -0.437. The van der Waals surface area contributed by atoms with E-state index in [9.17, 15) is 9.18 Å². The third-order valence-corrected chi connectivity index (χ3v) is 1.35. The molecular formula is C8H6FNO2. The Bertz CT molecular complexity index is 316. The number of aliphatic imine (C=N–C) groups is 1. The van der Waals surface area contributed by atoms with Gasteiger partial charge in [-0.3, -0.25) is 4.79 Å². The predicted octanol–water partition coefficient (Wildman–Crippen LogP) is 1.37. The molecule has 0 spiro atoms. The van der Waals surface area contributed by atoms with Crippen LogP contribution in [-0.2, 0) is 0 Å². The molecule has 0 bridgehead atoms. The molecule has 0 atom stereocenters. The molecule has 62 valence electrons. The van der Waals surface area contributed by atoms with Gasteiger partial charge in [0.05, 0.1) is 0 Å². The van der Waals surface area contributed by atoms with Crippen LogP contribution in [0.2, 0.25) is 0 Å². The van der Waals surface area contributed by atoms with Crippen LogP contribution in [0.15, 0.2) is 23.2 Å². The molecule has 0 saturated carbocycles. The molecule has 1 amide bonds. The van der Waals surface area contributed by atoms with Crippen molar-refractivity contribution in [3.05, 3.63) is 29.6 Å². The van der Waals surface area contributed by atoms with E-state index in [4.69, 9.17) is 5.11 Å². The number of amides is 1. The first-order valence-corrected chi connectivity index (χ1v) is 3.15. The van der Waals surface area contributed by atoms with Crippen molar-refractivity contribution in [1.29, 1.82) is 0 Å². The number of carbonyl (C=O) groups excluding carboxylic acids is 1. The van der Waals surface area contributed by atoms with Gasteiger partial charge in [-0.1, -0.05) is 6.07 Å². The van der Waals surface area contributed by atoms with Crippen molar-refractivity contribution in [3.8, 4) is 5.75 Å². The van der Waals surface area contributed by atoms with Crippen molar-refractivity contribution in [2.24, 2.45) is 4.99 Å². The lowest BCUT2D eigenvalue weighted by Gasteiger charge is -1.99. The number of benzene rings is 1. The molecule has 3 nitrogen and oxygen atoms in total. The van der Waals surface area contributed by atoms with Crippen LogP contribution in [0.3, 0.4) is 0 Å². The number of phenols is 1. The standard InChI is InChI=1S/C8H6FNO2/c1-10-8(12)7-5(9)3-2-4-6(7)11/h2-4,11H,1H2. The lowest BCUT2D eigenvalue weighted by Crippen LogP contribution is -1.98. The Labute approximate surface area is 68.2 Å². The van der Waals surface area contributed by atoms with Crippen molar-refractivity contribution < 1.29 is 14.3 Å². The molecule has 0 radical (unpaired) electrons. The normalized spacial score (nSPS) is 9.42. The fraction of sp³-hybridized carbons (Fsp3) is 0. The Morgan fingerprint density at radius 3 is 2.75 bits per heavy atom. The van der Waals surface area contributed by atoms with Gasteiger partial charge in [-0.25, -0.2) is 9.38 Å². The number of nitrogens with zero attached hydrogens (tertiary/aromatic N) is 1. The van der Waals surface area contributed by atoms with Crippen molar-refractivity contribution in [2.75, 3.05) is 0 Å². The molecule has 12 heavy (non-hydrogen) atoms. The molecule has 0 fully saturated rings. The van der Waals surface area contributed by atoms with Crippen LogP contribution in [0.25, 0.3) is 0 Å². The Kier molecular flexibility index (Phi) is 2.19. The second-order valence-electron chi connectivity index (χ2n) is 2.10. The number of aromatic hydroxyl groups is 1. The maximum Gasteiger partial charge on any atom is 0.283 e. The largest absolute Gasteiger partial charge is 0.507 e. The van der Waals surface area contributed by atoms with Crippen LogP contribution in [0, 0.1) is 5.82 Å². The molecule has 0 aliphatic rings. The fourth-order valence-electron chi connectivity index (χ4n) is 0.804. The highest BCUT2D eigenvalue weighted by Gasteiger charge is 2.13. The van der Waals surface area contributed by atoms with Gasteiger partial charge in [-0.05, 0) is 18.9 Å². The van der Waals surface area contributed by atoms with Crippen LogP contribution in [0.5, 0.6) is 5.75 Å². The second-order valence-corrected chi connectivity index (χ2v) is 2.10. The van der Waals surface area contributed by atoms with Gasteiger partial charge in [-0.15, -0.1) is 0 Å². The molecule has 1 aromatic rings. The van der Waals surface area contributed by atoms with Gasteiger partial charge in [0.1, 0.15) is 17.1 Å². The highest BCUT2D eigenvalue weighted by Crippen LogP contribution is 2.20. The van der Waals surface area contributed by atoms with Gasteiger partial charge < -0.3 is 5.11 Å². The van der Waals surface area contributed by atoms with Gasteiger partial charge >= 0.3 is 0 Å². The monoisotopic (exact) mass is 167 g/mol. The van der Waals surface area contributed by atoms with Crippen LogP contribution in [-0.4, -0.2) is 17.7 Å². The zero-order valence-electron chi connectivity index (χ0n) is 6.12. The van der Waals surface area contributed by atoms with E-state index in [1.807, 2.05) is 0 Å². The Hall–Kier alpha value is -1.71. The summed E-state index contributed by atoms with van der Waals surface area (Å²) in [7, 11) is 0. The molecule has 4 heteroatoms. The number of rotatable bonds is 1. The summed E-state index contributed by atoms with van der Waals surface area (Å²) in [5.74, 6) is -2.09. The first kappa shape index (κ1) is 8.39. The molecular weight excluding hydrogens is 161 g/mol. The van der Waals surface area contributed by atoms with E-state index < -0.39 is 23.0 Å². The third kappa shape index (κ3) is 1.32. The van der Waals surface area contributed by atoms with Crippen LogP contribution < -0.4 is 0 Å². The van der Waals surface area contributed by atoms with Crippen molar-refractivity contribution in [2.45, 2.75) is 0 Å². The molecule has 1 rings (SSSR count). The minimum Gasteiger partial charge on any atom is -0.507 e. The van der Waals surface area contributed by atoms with E-state index in [2.05, 4.69) is 11.7 Å². The van der Waals surface area contributed by atoms with Gasteiger partial charge in [-0.2, -0.15) is 0 Å². The van der Waals surface area contributed by atoms with E-state index in [0.29, 0.717) is 0 Å². The van der Waals surface area contributed by atoms with Gasteiger partial charge in [0.25, 0.3) is 5.91 Å². The third-order valence-electron chi connectivity index (χ3n) is 1.35. The number of hydrogen-bond acceptors (Lipinski definition) is 2. The van der Waals surface area contributed by atoms with Gasteiger partial charge in [0.15, 0.2) is 0 Å². The van der Waals surface area contributed by atoms with E-state index in [-0.39, 0.29) is 0 Å². The number of halogens is 1. The first-order valence-electron chi connectivity index (χ1n) is 3.15. The molecule has 0 saturated heterocycles. The van der Waals surface area contributed by atoms with Crippen LogP contribution >= 0.6 is 0 Å². The van der Waals surface area contributed by atoms with Crippen molar-refractivity contribution >= 4 is 12.6 Å². The summed E-state index contributed by atoms with van der Waals surface area (Å²) in [6.07, 6.45) is 0. The molecule has 1 N–H and O–H groups in total. The average molecular weight is 167 g/mol. The summed E-state index contributed by atoms with van der Waals surface area (Å²) in [6, 6.07) is 3.57. The summed E-state index contributed by atoms with van der Waals surface area (Å²) >= 11 is 0. The Morgan fingerprint density at radius 2 is 2.25 bits per heavy atom. The Morgan fingerprint density at radius 1 is 1.58 bits per heavy atom. The summed E-state index contributed by atoms with van der Waals surface area (Å²) in [4.78, 5) is 13.8. The maximum absolute atomic E-state index is 12.8. The smallest absolute Gasteiger partial charge is 0.283 e. The highest BCUT2D eigenvalue weighted by atomic mass is 19.1. The summed E-state index contributed by atoms with van der Waals surface area (Å²) in [5, 5.41) is 9.04. The van der Waals surface area contributed by atoms with E-state index in [1.165, 1.54) is 12.1 Å². The summed E-state index contributed by atoms with van der Waals surface area (Å²) in [6.45, 7) is 2.94. The highest BCUT2D eigenvalue weighted by molar-refractivity contribution is 5.99. The average Bonchev–Trinajstić information content (AvgIpc) is 2.03. The molecule has 0 aliphatic carbocycles. The SMILES string of the molecule is C=NC(=O)c1c(O)cccc1F. The lowest BCUT2D eigenvalue weighted by atomic mass is 10.2. The first-order chi connectivity index (χ1) is 5.66. The van der Waals surface area contributed by atoms with Crippen LogP contribution in [0.1, 0.15) is 10.4 Å². The Balaban J connectivity index is 3.30. The predicted molar refractivity (Wildman–Crippen MR) is 41.9 cm³/mol. The fourth-order valence-corrected chi connectivity index (χ4v) is 0.804. The number of hydrogen-bond donors (Lipinski definition) is 1. The molecule has 0 aliphatic heterocycles. The number of carbonyl (C=O) groups is 1. The van der Waals surface area contributed by atoms with Crippen LogP contribution in [0.4, 0.5) is 4.39 Å². The van der Waals surface area contributed by atoms with E-state index >= 15 is 0 Å². The molecule has 1 aromatic carbocycles. The molecule has 0 aromatic heterocycles. The van der Waals surface area contributed by atoms with Gasteiger partial charge in [0.2, 0.25) is 0 Å². The maximum atomic E-state index is 12.8. The lowest BCUT2D eigenvalue weighted by molar-refractivity contribution is 0.0997. The van der Waals surface area contributed by atoms with Crippen molar-refractivity contribution in [3.63, 3.8) is 0 Å². The zero-order chi connectivity index (χ0) is 9.14. The van der Waals surface area contributed by atoms with E-state index in [1.54, 1.807) is 0 Å². The summed E-state index contributed by atoms with van der Waals surface area (Å²) < 4.78 is 12.8. The topological polar surface area (TPSA) is 49.7 Å². The quantitative estimate of drug-likeness (QED) is 0.642.